The Kier molecular flexibility index (Phi) is 5.18. The number of H-pyrrole nitrogens is 1. The molecule has 5 nitrogen and oxygen atoms in total. The minimum atomic E-state index is -0.380. The molecule has 0 saturated carbocycles. The average molecular weight is 280 g/mol. The Bertz CT molecular complexity index is 458. The third kappa shape index (κ3) is 5.06. The van der Waals surface area contributed by atoms with Crippen molar-refractivity contribution >= 4 is 34.8 Å². The molecule has 1 N–H and O–H groups in total. The highest BCUT2D eigenvalue weighted by atomic mass is 35.5. The summed E-state index contributed by atoms with van der Waals surface area (Å²) in [4.78, 5) is 23.0. The smallest absolute Gasteiger partial charge is 0.311 e. The van der Waals surface area contributed by atoms with E-state index >= 15 is 0 Å². The van der Waals surface area contributed by atoms with Crippen molar-refractivity contribution in [3.05, 3.63) is 50.6 Å². The van der Waals surface area contributed by atoms with Crippen LogP contribution in [0.25, 0.3) is 0 Å². The molecule has 0 amide bonds. The largest absolute Gasteiger partial charge is 0.344 e. The van der Waals surface area contributed by atoms with Gasteiger partial charge in [-0.2, -0.15) is 0 Å². The number of halogens is 3. The van der Waals surface area contributed by atoms with Crippen LogP contribution in [0.5, 0.6) is 0 Å². The standard InChI is InChI=1S/C4H2Cl2N2.C4H3ClN2O/c5-3-1-7-4(6)8-2-3;5-3-1-6-4(8)7-2-3/h1-2H;1-2H,(H,6,7,8). The van der Waals surface area contributed by atoms with Crippen molar-refractivity contribution in [2.75, 3.05) is 0 Å². The van der Waals surface area contributed by atoms with E-state index in [1.54, 1.807) is 0 Å². The van der Waals surface area contributed by atoms with E-state index in [4.69, 9.17) is 34.8 Å². The zero-order valence-corrected chi connectivity index (χ0v) is 9.96. The summed E-state index contributed by atoms with van der Waals surface area (Å²) in [6, 6.07) is 0. The molecule has 0 aliphatic rings. The van der Waals surface area contributed by atoms with Gasteiger partial charge in [-0.15, -0.1) is 0 Å². The Morgan fingerprint density at radius 3 is 1.88 bits per heavy atom. The Labute approximate surface area is 105 Å². The summed E-state index contributed by atoms with van der Waals surface area (Å²) in [6.07, 6.45) is 5.56. The topological polar surface area (TPSA) is 71.5 Å². The molecular formula is C8H5Cl3N4O. The Hall–Kier alpha value is -1.17. The molecule has 2 heterocycles. The second-order valence-corrected chi connectivity index (χ2v) is 3.62. The molecule has 2 aromatic rings. The van der Waals surface area contributed by atoms with Gasteiger partial charge in [-0.3, -0.25) is 0 Å². The molecule has 16 heavy (non-hydrogen) atoms. The van der Waals surface area contributed by atoms with Gasteiger partial charge in [0.15, 0.2) is 0 Å². The highest BCUT2D eigenvalue weighted by Crippen LogP contribution is 2.04. The lowest BCUT2D eigenvalue weighted by Gasteiger charge is -1.84. The molecule has 0 bridgehead atoms. The second-order valence-electron chi connectivity index (χ2n) is 2.41. The van der Waals surface area contributed by atoms with Gasteiger partial charge in [0.2, 0.25) is 5.28 Å². The predicted octanol–water partition coefficient (Wildman–Crippen LogP) is 2.21. The first-order chi connectivity index (χ1) is 7.58. The molecule has 0 unspecified atom stereocenters. The molecule has 2 aromatic heterocycles. The molecule has 0 radical (unpaired) electrons. The number of nitrogens with one attached hydrogen (secondary N) is 1. The SMILES string of the molecule is Clc1cnc(Cl)nc1.O=c1ncc(Cl)c[nH]1. The lowest BCUT2D eigenvalue weighted by molar-refractivity contribution is 1.08. The van der Waals surface area contributed by atoms with E-state index in [0.717, 1.165) is 0 Å². The Morgan fingerprint density at radius 1 is 0.938 bits per heavy atom. The van der Waals surface area contributed by atoms with Crippen LogP contribution < -0.4 is 5.69 Å². The maximum atomic E-state index is 10.2. The van der Waals surface area contributed by atoms with Crippen molar-refractivity contribution in [1.29, 1.82) is 0 Å². The van der Waals surface area contributed by atoms with E-state index in [9.17, 15) is 4.79 Å². The fraction of sp³-hybridized carbons (Fsp3) is 0. The average Bonchev–Trinajstić information content (AvgIpc) is 2.28. The zero-order chi connectivity index (χ0) is 12.0. The molecule has 0 saturated heterocycles. The van der Waals surface area contributed by atoms with Crippen molar-refractivity contribution in [3.63, 3.8) is 0 Å². The van der Waals surface area contributed by atoms with Crippen molar-refractivity contribution < 1.29 is 0 Å². The van der Waals surface area contributed by atoms with Crippen LogP contribution in [0.4, 0.5) is 0 Å². The van der Waals surface area contributed by atoms with E-state index in [2.05, 4.69) is 19.9 Å². The highest BCUT2D eigenvalue weighted by Gasteiger charge is 1.86. The van der Waals surface area contributed by atoms with Gasteiger partial charge in [-0.05, 0) is 11.6 Å². The first kappa shape index (κ1) is 12.9. The van der Waals surface area contributed by atoms with Gasteiger partial charge in [0.05, 0.1) is 28.6 Å². The molecule has 0 aliphatic heterocycles. The normalized spacial score (nSPS) is 9.19. The third-order valence-electron chi connectivity index (χ3n) is 1.23. The van der Waals surface area contributed by atoms with Gasteiger partial charge in [-0.1, -0.05) is 23.2 Å². The van der Waals surface area contributed by atoms with E-state index in [0.29, 0.717) is 10.0 Å². The van der Waals surface area contributed by atoms with Gasteiger partial charge in [0, 0.05) is 6.20 Å². The van der Waals surface area contributed by atoms with Gasteiger partial charge in [0.25, 0.3) is 0 Å². The number of nitrogens with zero attached hydrogens (tertiary/aromatic N) is 3. The summed E-state index contributed by atoms with van der Waals surface area (Å²) in [7, 11) is 0. The molecule has 8 heteroatoms. The van der Waals surface area contributed by atoms with Crippen LogP contribution in [0.15, 0.2) is 29.6 Å². The molecule has 2 rings (SSSR count). The quantitative estimate of drug-likeness (QED) is 0.751. The summed E-state index contributed by atoms with van der Waals surface area (Å²) in [5.41, 5.74) is -0.380. The van der Waals surface area contributed by atoms with Crippen LogP contribution in [-0.2, 0) is 0 Å². The molecular weight excluding hydrogens is 274 g/mol. The first-order valence-corrected chi connectivity index (χ1v) is 5.04. The number of aromatic amines is 1. The van der Waals surface area contributed by atoms with Gasteiger partial charge < -0.3 is 4.98 Å². The lowest BCUT2D eigenvalue weighted by atomic mass is 10.7. The van der Waals surface area contributed by atoms with Gasteiger partial charge in [-0.25, -0.2) is 19.7 Å². The first-order valence-electron chi connectivity index (χ1n) is 3.91. The van der Waals surface area contributed by atoms with Crippen molar-refractivity contribution in [1.82, 2.24) is 19.9 Å². The van der Waals surface area contributed by atoms with Gasteiger partial charge >= 0.3 is 5.69 Å². The second kappa shape index (κ2) is 6.42. The molecule has 0 aliphatic carbocycles. The number of aromatic nitrogens is 4. The van der Waals surface area contributed by atoms with E-state index in [1.165, 1.54) is 24.8 Å². The van der Waals surface area contributed by atoms with Crippen molar-refractivity contribution in [2.45, 2.75) is 0 Å². The number of hydrogen-bond acceptors (Lipinski definition) is 4. The van der Waals surface area contributed by atoms with Crippen LogP contribution in [0, 0.1) is 0 Å². The van der Waals surface area contributed by atoms with E-state index < -0.39 is 0 Å². The monoisotopic (exact) mass is 278 g/mol. The predicted molar refractivity (Wildman–Crippen MR) is 61.9 cm³/mol. The van der Waals surface area contributed by atoms with E-state index in [-0.39, 0.29) is 11.0 Å². The highest BCUT2D eigenvalue weighted by molar-refractivity contribution is 6.31. The molecule has 0 atom stereocenters. The fourth-order valence-electron chi connectivity index (χ4n) is 0.622. The maximum absolute atomic E-state index is 10.2. The molecule has 0 aromatic carbocycles. The van der Waals surface area contributed by atoms with Crippen molar-refractivity contribution in [3.8, 4) is 0 Å². The minimum absolute atomic E-state index is 0.217. The number of hydrogen-bond donors (Lipinski definition) is 1. The van der Waals surface area contributed by atoms with E-state index in [1.807, 2.05) is 0 Å². The zero-order valence-electron chi connectivity index (χ0n) is 7.69. The minimum Gasteiger partial charge on any atom is -0.311 e. The molecule has 84 valence electrons. The van der Waals surface area contributed by atoms with Crippen LogP contribution in [0.1, 0.15) is 0 Å². The molecule has 0 spiro atoms. The summed E-state index contributed by atoms with van der Waals surface area (Å²) in [5.74, 6) is 0. The Balaban J connectivity index is 0.000000160. The summed E-state index contributed by atoms with van der Waals surface area (Å²) < 4.78 is 0. The summed E-state index contributed by atoms with van der Waals surface area (Å²) in [6.45, 7) is 0. The molecule has 0 fully saturated rings. The third-order valence-corrected chi connectivity index (χ3v) is 1.82. The van der Waals surface area contributed by atoms with Crippen molar-refractivity contribution in [2.24, 2.45) is 0 Å². The summed E-state index contributed by atoms with van der Waals surface area (Å²) >= 11 is 16.1. The number of rotatable bonds is 0. The van der Waals surface area contributed by atoms with Gasteiger partial charge in [0.1, 0.15) is 0 Å². The van der Waals surface area contributed by atoms with Crippen LogP contribution in [0.2, 0.25) is 15.3 Å². The van der Waals surface area contributed by atoms with Crippen LogP contribution >= 0.6 is 34.8 Å². The van der Waals surface area contributed by atoms with Crippen LogP contribution in [-0.4, -0.2) is 19.9 Å². The fourth-order valence-corrected chi connectivity index (χ4v) is 0.921. The summed E-state index contributed by atoms with van der Waals surface area (Å²) in [5, 5.41) is 1.15. The lowest BCUT2D eigenvalue weighted by Crippen LogP contribution is -2.06. The maximum Gasteiger partial charge on any atom is 0.344 e. The van der Waals surface area contributed by atoms with Crippen LogP contribution in [0.3, 0.4) is 0 Å². The Morgan fingerprint density at radius 2 is 1.50 bits per heavy atom.